The van der Waals surface area contributed by atoms with Crippen molar-refractivity contribution in [3.8, 4) is 0 Å². The summed E-state index contributed by atoms with van der Waals surface area (Å²) in [4.78, 5) is 48.0. The third kappa shape index (κ3) is 6.93. The van der Waals surface area contributed by atoms with Gasteiger partial charge >= 0.3 is 11.9 Å². The Morgan fingerprint density at radius 3 is 2.25 bits per heavy atom. The summed E-state index contributed by atoms with van der Waals surface area (Å²) in [5.74, 6) is -7.15. The van der Waals surface area contributed by atoms with Crippen molar-refractivity contribution in [2.45, 2.75) is 32.7 Å². The molecule has 0 aliphatic heterocycles. The van der Waals surface area contributed by atoms with Gasteiger partial charge in [-0.3, -0.25) is 19.2 Å². The SMILES string of the molecule is CCOC(=O)C[C@H](C(=O)OCC)[C@@H](NC(=O)Cc1ccc(F)c(F)c1)C(N)=O. The van der Waals surface area contributed by atoms with E-state index in [0.29, 0.717) is 0 Å². The van der Waals surface area contributed by atoms with Crippen molar-refractivity contribution in [3.63, 3.8) is 0 Å². The average Bonchev–Trinajstić information content (AvgIpc) is 2.61. The third-order valence-corrected chi connectivity index (χ3v) is 3.66. The Morgan fingerprint density at radius 2 is 1.71 bits per heavy atom. The lowest BCUT2D eigenvalue weighted by molar-refractivity contribution is -0.157. The smallest absolute Gasteiger partial charge is 0.312 e. The fourth-order valence-corrected chi connectivity index (χ4v) is 2.42. The number of esters is 2. The summed E-state index contributed by atoms with van der Waals surface area (Å²) in [6, 6.07) is 1.32. The Balaban J connectivity index is 2.96. The Morgan fingerprint density at radius 1 is 1.07 bits per heavy atom. The van der Waals surface area contributed by atoms with Crippen molar-refractivity contribution in [1.29, 1.82) is 0 Å². The van der Waals surface area contributed by atoms with E-state index >= 15 is 0 Å². The van der Waals surface area contributed by atoms with Gasteiger partial charge in [-0.1, -0.05) is 6.07 Å². The summed E-state index contributed by atoms with van der Waals surface area (Å²) in [5.41, 5.74) is 5.42. The van der Waals surface area contributed by atoms with Crippen LogP contribution < -0.4 is 11.1 Å². The van der Waals surface area contributed by atoms with E-state index in [0.717, 1.165) is 12.1 Å². The van der Waals surface area contributed by atoms with E-state index in [1.165, 1.54) is 13.0 Å². The summed E-state index contributed by atoms with van der Waals surface area (Å²) >= 11 is 0. The number of hydrogen-bond donors (Lipinski definition) is 2. The Bertz CT molecular complexity index is 741. The monoisotopic (exact) mass is 400 g/mol. The number of rotatable bonds is 10. The van der Waals surface area contributed by atoms with Gasteiger partial charge < -0.3 is 20.5 Å². The van der Waals surface area contributed by atoms with Crippen molar-refractivity contribution in [1.82, 2.24) is 5.32 Å². The van der Waals surface area contributed by atoms with Gasteiger partial charge in [0.2, 0.25) is 11.8 Å². The molecule has 2 amide bonds. The minimum Gasteiger partial charge on any atom is -0.466 e. The van der Waals surface area contributed by atoms with Gasteiger partial charge in [0, 0.05) is 0 Å². The molecule has 0 heterocycles. The molecule has 0 saturated heterocycles. The summed E-state index contributed by atoms with van der Waals surface area (Å²) in [5, 5.41) is 2.25. The second kappa shape index (κ2) is 11.0. The molecule has 3 N–H and O–H groups in total. The summed E-state index contributed by atoms with van der Waals surface area (Å²) in [6.07, 6.45) is -0.943. The zero-order valence-electron chi connectivity index (χ0n) is 15.5. The first-order chi connectivity index (χ1) is 13.2. The van der Waals surface area contributed by atoms with E-state index in [1.54, 1.807) is 6.92 Å². The van der Waals surface area contributed by atoms with Crippen molar-refractivity contribution in [2.75, 3.05) is 13.2 Å². The maximum atomic E-state index is 13.3. The molecule has 28 heavy (non-hydrogen) atoms. The van der Waals surface area contributed by atoms with Crippen molar-refractivity contribution >= 4 is 23.8 Å². The van der Waals surface area contributed by atoms with Crippen LogP contribution in [0.15, 0.2) is 18.2 Å². The molecular formula is C18H22F2N2O6. The first-order valence-corrected chi connectivity index (χ1v) is 8.54. The summed E-state index contributed by atoms with van der Waals surface area (Å²) in [7, 11) is 0. The fourth-order valence-electron chi connectivity index (χ4n) is 2.42. The second-order valence-electron chi connectivity index (χ2n) is 5.74. The van der Waals surface area contributed by atoms with Crippen molar-refractivity contribution in [2.24, 2.45) is 11.7 Å². The van der Waals surface area contributed by atoms with Crippen LogP contribution in [0.3, 0.4) is 0 Å². The van der Waals surface area contributed by atoms with Crippen LogP contribution in [0.1, 0.15) is 25.8 Å². The molecule has 0 fully saturated rings. The minimum absolute atomic E-state index is 0.0214. The molecule has 154 valence electrons. The predicted molar refractivity (Wildman–Crippen MR) is 92.6 cm³/mol. The normalized spacial score (nSPS) is 12.6. The van der Waals surface area contributed by atoms with Gasteiger partial charge in [0.25, 0.3) is 0 Å². The van der Waals surface area contributed by atoms with E-state index in [1.807, 2.05) is 0 Å². The van der Waals surface area contributed by atoms with Crippen LogP contribution in [0.2, 0.25) is 0 Å². The Labute approximate surface area is 160 Å². The fraction of sp³-hybridized carbons (Fsp3) is 0.444. The van der Waals surface area contributed by atoms with Gasteiger partial charge in [-0.15, -0.1) is 0 Å². The number of hydrogen-bond acceptors (Lipinski definition) is 6. The molecule has 0 aliphatic carbocycles. The number of amides is 2. The standard InChI is InChI=1S/C18H22F2N2O6/c1-3-27-15(24)9-11(18(26)28-4-2)16(17(21)25)22-14(23)8-10-5-6-12(19)13(20)7-10/h5-7,11,16H,3-4,8-9H2,1-2H3,(H2,21,25)(H,22,23)/t11-,16+/m0/s1. The lowest BCUT2D eigenvalue weighted by Crippen LogP contribution is -2.52. The van der Waals surface area contributed by atoms with Crippen molar-refractivity contribution in [3.05, 3.63) is 35.4 Å². The molecule has 0 bridgehead atoms. The van der Waals surface area contributed by atoms with Crippen LogP contribution >= 0.6 is 0 Å². The van der Waals surface area contributed by atoms with Crippen LogP contribution in [0.4, 0.5) is 8.78 Å². The van der Waals surface area contributed by atoms with E-state index in [-0.39, 0.29) is 18.8 Å². The van der Waals surface area contributed by atoms with Gasteiger partial charge in [-0.05, 0) is 31.5 Å². The molecule has 0 unspecified atom stereocenters. The van der Waals surface area contributed by atoms with Crippen LogP contribution in [-0.4, -0.2) is 43.0 Å². The molecule has 0 saturated carbocycles. The lowest BCUT2D eigenvalue weighted by atomic mass is 9.95. The molecule has 2 atom stereocenters. The van der Waals surface area contributed by atoms with E-state index in [4.69, 9.17) is 15.2 Å². The molecular weight excluding hydrogens is 378 g/mol. The molecule has 10 heteroatoms. The highest BCUT2D eigenvalue weighted by Gasteiger charge is 2.37. The van der Waals surface area contributed by atoms with Gasteiger partial charge in [-0.2, -0.15) is 0 Å². The van der Waals surface area contributed by atoms with Gasteiger partial charge in [0.05, 0.1) is 32.0 Å². The van der Waals surface area contributed by atoms with E-state index in [2.05, 4.69) is 5.32 Å². The highest BCUT2D eigenvalue weighted by Crippen LogP contribution is 2.15. The number of nitrogens with two attached hydrogens (primary N) is 1. The highest BCUT2D eigenvalue weighted by atomic mass is 19.2. The molecule has 0 radical (unpaired) electrons. The number of primary amides is 1. The predicted octanol–water partition coefficient (Wildman–Crippen LogP) is 0.610. The zero-order chi connectivity index (χ0) is 21.3. The number of nitrogens with one attached hydrogen (secondary N) is 1. The molecule has 1 aromatic carbocycles. The average molecular weight is 400 g/mol. The van der Waals surface area contributed by atoms with Gasteiger partial charge in [0.15, 0.2) is 11.6 Å². The van der Waals surface area contributed by atoms with Crippen LogP contribution in [-0.2, 0) is 35.1 Å². The molecule has 0 spiro atoms. The Kier molecular flexibility index (Phi) is 9.00. The quantitative estimate of drug-likeness (QED) is 0.555. The molecule has 0 aromatic heterocycles. The van der Waals surface area contributed by atoms with Crippen molar-refractivity contribution < 1.29 is 37.4 Å². The van der Waals surface area contributed by atoms with Gasteiger partial charge in [-0.25, -0.2) is 8.78 Å². The second-order valence-corrected chi connectivity index (χ2v) is 5.74. The third-order valence-electron chi connectivity index (χ3n) is 3.66. The lowest BCUT2D eigenvalue weighted by Gasteiger charge is -2.23. The van der Waals surface area contributed by atoms with Crippen LogP contribution in [0.5, 0.6) is 0 Å². The van der Waals surface area contributed by atoms with E-state index in [9.17, 15) is 28.0 Å². The largest absolute Gasteiger partial charge is 0.466 e. The number of halogens is 2. The molecule has 1 rings (SSSR count). The first-order valence-electron chi connectivity index (χ1n) is 8.54. The van der Waals surface area contributed by atoms with Crippen LogP contribution in [0, 0.1) is 17.6 Å². The topological polar surface area (TPSA) is 125 Å². The highest BCUT2D eigenvalue weighted by molar-refractivity contribution is 5.93. The number of carbonyl (C=O) groups excluding carboxylic acids is 4. The van der Waals surface area contributed by atoms with Crippen LogP contribution in [0.25, 0.3) is 0 Å². The molecule has 0 aliphatic rings. The summed E-state index contributed by atoms with van der Waals surface area (Å²) < 4.78 is 35.8. The number of ether oxygens (including phenoxy) is 2. The molecule has 1 aromatic rings. The minimum atomic E-state index is -1.55. The number of benzene rings is 1. The van der Waals surface area contributed by atoms with Gasteiger partial charge in [0.1, 0.15) is 6.04 Å². The first kappa shape index (κ1) is 23.0. The zero-order valence-corrected chi connectivity index (χ0v) is 15.5. The maximum absolute atomic E-state index is 13.3. The molecule has 8 nitrogen and oxygen atoms in total. The maximum Gasteiger partial charge on any atom is 0.312 e. The Hall–Kier alpha value is -3.04. The van der Waals surface area contributed by atoms with E-state index < -0.39 is 60.2 Å². The summed E-state index contributed by atoms with van der Waals surface area (Å²) in [6.45, 7) is 3.12. The number of carbonyl (C=O) groups is 4.